The Morgan fingerprint density at radius 3 is 2.44 bits per heavy atom. The van der Waals surface area contributed by atoms with E-state index in [0.717, 1.165) is 16.8 Å². The lowest BCUT2D eigenvalue weighted by atomic mass is 10.0. The van der Waals surface area contributed by atoms with Crippen LogP contribution in [0.25, 0.3) is 10.9 Å². The summed E-state index contributed by atoms with van der Waals surface area (Å²) in [7, 11) is 0. The molecule has 0 aliphatic heterocycles. The summed E-state index contributed by atoms with van der Waals surface area (Å²) >= 11 is 0. The van der Waals surface area contributed by atoms with Crippen molar-refractivity contribution in [2.75, 3.05) is 11.5 Å². The second-order valence-corrected chi connectivity index (χ2v) is 4.17. The van der Waals surface area contributed by atoms with Crippen molar-refractivity contribution < 1.29 is 0 Å². The zero-order chi connectivity index (χ0) is 11.9. The van der Waals surface area contributed by atoms with E-state index in [1.54, 1.807) is 0 Å². The third-order valence-electron chi connectivity index (χ3n) is 2.43. The van der Waals surface area contributed by atoms with Gasteiger partial charge < -0.3 is 11.5 Å². The first-order valence-corrected chi connectivity index (χ1v) is 5.19. The van der Waals surface area contributed by atoms with Gasteiger partial charge in [-0.1, -0.05) is 13.8 Å². The number of aryl methyl sites for hydroxylation is 1. The molecule has 2 aromatic rings. The van der Waals surface area contributed by atoms with Crippen molar-refractivity contribution in [1.82, 2.24) is 15.0 Å². The Morgan fingerprint density at radius 1 is 1.12 bits per heavy atom. The van der Waals surface area contributed by atoms with Gasteiger partial charge in [-0.25, -0.2) is 15.0 Å². The van der Waals surface area contributed by atoms with Crippen molar-refractivity contribution in [3.8, 4) is 0 Å². The number of pyridine rings is 1. The van der Waals surface area contributed by atoms with Gasteiger partial charge in [0.15, 0.2) is 0 Å². The second kappa shape index (κ2) is 3.59. The Hall–Kier alpha value is -1.91. The van der Waals surface area contributed by atoms with Crippen LogP contribution < -0.4 is 11.5 Å². The smallest absolute Gasteiger partial charge is 0.220 e. The van der Waals surface area contributed by atoms with Gasteiger partial charge in [-0.2, -0.15) is 0 Å². The van der Waals surface area contributed by atoms with Gasteiger partial charge in [0.05, 0.1) is 5.69 Å². The van der Waals surface area contributed by atoms with Crippen molar-refractivity contribution in [2.24, 2.45) is 0 Å². The Kier molecular flexibility index (Phi) is 2.38. The number of aromatic nitrogens is 3. The molecular weight excluding hydrogens is 202 g/mol. The van der Waals surface area contributed by atoms with Gasteiger partial charge in [0.1, 0.15) is 11.3 Å². The Morgan fingerprint density at radius 2 is 1.81 bits per heavy atom. The predicted molar refractivity (Wildman–Crippen MR) is 65.0 cm³/mol. The van der Waals surface area contributed by atoms with E-state index in [9.17, 15) is 0 Å². The number of hydrogen-bond donors (Lipinski definition) is 2. The van der Waals surface area contributed by atoms with Crippen LogP contribution in [0.2, 0.25) is 0 Å². The van der Waals surface area contributed by atoms with Gasteiger partial charge in [-0.15, -0.1) is 0 Å². The SMILES string of the molecule is Cc1cc2c(C(C)C)nc(N)nc2c(N)n1. The van der Waals surface area contributed by atoms with Gasteiger partial charge in [-0.05, 0) is 18.9 Å². The fraction of sp³-hybridized carbons (Fsp3) is 0.364. The molecular formula is C11H15N5. The van der Waals surface area contributed by atoms with Crippen molar-refractivity contribution >= 4 is 22.7 Å². The molecule has 0 atom stereocenters. The quantitative estimate of drug-likeness (QED) is 0.757. The first kappa shape index (κ1) is 10.6. The summed E-state index contributed by atoms with van der Waals surface area (Å²) in [5.41, 5.74) is 13.9. The summed E-state index contributed by atoms with van der Waals surface area (Å²) < 4.78 is 0. The molecule has 0 fully saturated rings. The average molecular weight is 217 g/mol. The molecule has 0 aliphatic rings. The van der Waals surface area contributed by atoms with Crippen LogP contribution in [0.1, 0.15) is 31.2 Å². The largest absolute Gasteiger partial charge is 0.382 e. The van der Waals surface area contributed by atoms with Crippen LogP contribution in [0.4, 0.5) is 11.8 Å². The van der Waals surface area contributed by atoms with Gasteiger partial charge >= 0.3 is 0 Å². The summed E-state index contributed by atoms with van der Waals surface area (Å²) in [6.07, 6.45) is 0. The van der Waals surface area contributed by atoms with Crippen LogP contribution >= 0.6 is 0 Å². The third kappa shape index (κ3) is 1.64. The van der Waals surface area contributed by atoms with E-state index in [4.69, 9.17) is 11.5 Å². The second-order valence-electron chi connectivity index (χ2n) is 4.17. The van der Waals surface area contributed by atoms with Gasteiger partial charge in [0.25, 0.3) is 0 Å². The highest BCUT2D eigenvalue weighted by Crippen LogP contribution is 2.26. The molecule has 0 aliphatic carbocycles. The van der Waals surface area contributed by atoms with Crippen LogP contribution in [0, 0.1) is 6.92 Å². The van der Waals surface area contributed by atoms with Crippen LogP contribution in [0.3, 0.4) is 0 Å². The maximum Gasteiger partial charge on any atom is 0.220 e. The molecule has 0 saturated carbocycles. The number of nitrogens with two attached hydrogens (primary N) is 2. The zero-order valence-electron chi connectivity index (χ0n) is 9.65. The average Bonchev–Trinajstić information content (AvgIpc) is 2.18. The Bertz CT molecular complexity index is 548. The highest BCUT2D eigenvalue weighted by Gasteiger charge is 2.12. The van der Waals surface area contributed by atoms with E-state index in [1.165, 1.54) is 0 Å². The molecule has 0 saturated heterocycles. The monoisotopic (exact) mass is 217 g/mol. The van der Waals surface area contributed by atoms with Crippen LogP contribution in [-0.2, 0) is 0 Å². The van der Waals surface area contributed by atoms with E-state index in [1.807, 2.05) is 13.0 Å². The molecule has 2 rings (SSSR count). The first-order chi connectivity index (χ1) is 7.49. The Balaban J connectivity index is 2.89. The van der Waals surface area contributed by atoms with E-state index in [0.29, 0.717) is 11.3 Å². The molecule has 0 radical (unpaired) electrons. The minimum atomic E-state index is 0.244. The van der Waals surface area contributed by atoms with Gasteiger partial charge in [0, 0.05) is 11.1 Å². The minimum Gasteiger partial charge on any atom is -0.382 e. The standard InChI is InChI=1S/C11H15N5/c1-5(2)8-7-4-6(3)14-10(12)9(7)16-11(13)15-8/h4-5H,1-3H3,(H2,12,14)(H2,13,15,16). The number of fused-ring (bicyclic) bond motifs is 1. The summed E-state index contributed by atoms with van der Waals surface area (Å²) in [4.78, 5) is 12.6. The lowest BCUT2D eigenvalue weighted by Crippen LogP contribution is -2.05. The predicted octanol–water partition coefficient (Wildman–Crippen LogP) is 1.62. The zero-order valence-corrected chi connectivity index (χ0v) is 9.65. The molecule has 4 N–H and O–H groups in total. The van der Waals surface area contributed by atoms with Crippen molar-refractivity contribution in [1.29, 1.82) is 0 Å². The molecule has 0 bridgehead atoms. The number of anilines is 2. The van der Waals surface area contributed by atoms with Gasteiger partial charge in [0.2, 0.25) is 5.95 Å². The highest BCUT2D eigenvalue weighted by molar-refractivity contribution is 5.90. The number of rotatable bonds is 1. The summed E-state index contributed by atoms with van der Waals surface area (Å²) in [6.45, 7) is 6.02. The molecule has 2 aromatic heterocycles. The van der Waals surface area contributed by atoms with E-state index < -0.39 is 0 Å². The van der Waals surface area contributed by atoms with Crippen molar-refractivity contribution in [2.45, 2.75) is 26.7 Å². The lowest BCUT2D eigenvalue weighted by Gasteiger charge is -2.11. The number of nitrogen functional groups attached to an aromatic ring is 2. The molecule has 0 unspecified atom stereocenters. The lowest BCUT2D eigenvalue weighted by molar-refractivity contribution is 0.831. The summed E-state index contributed by atoms with van der Waals surface area (Å²) in [6, 6.07) is 1.94. The van der Waals surface area contributed by atoms with Crippen LogP contribution in [0.15, 0.2) is 6.07 Å². The molecule has 0 aromatic carbocycles. The molecule has 0 spiro atoms. The summed E-state index contributed by atoms with van der Waals surface area (Å²) in [5.74, 6) is 0.925. The first-order valence-electron chi connectivity index (χ1n) is 5.19. The fourth-order valence-electron chi connectivity index (χ4n) is 1.77. The highest BCUT2D eigenvalue weighted by atomic mass is 15.0. The molecule has 0 amide bonds. The van der Waals surface area contributed by atoms with E-state index in [-0.39, 0.29) is 11.9 Å². The normalized spacial score (nSPS) is 11.2. The van der Waals surface area contributed by atoms with E-state index in [2.05, 4.69) is 28.8 Å². The van der Waals surface area contributed by atoms with Crippen LogP contribution in [0.5, 0.6) is 0 Å². The maximum absolute atomic E-state index is 5.84. The topological polar surface area (TPSA) is 90.7 Å². The maximum atomic E-state index is 5.84. The molecule has 16 heavy (non-hydrogen) atoms. The van der Waals surface area contributed by atoms with Crippen LogP contribution in [-0.4, -0.2) is 15.0 Å². The number of hydrogen-bond acceptors (Lipinski definition) is 5. The summed E-state index contributed by atoms with van der Waals surface area (Å²) in [5, 5.41) is 0.939. The molecule has 2 heterocycles. The minimum absolute atomic E-state index is 0.244. The van der Waals surface area contributed by atoms with Gasteiger partial charge in [-0.3, -0.25) is 0 Å². The molecule has 5 nitrogen and oxygen atoms in total. The van der Waals surface area contributed by atoms with E-state index >= 15 is 0 Å². The molecule has 5 heteroatoms. The third-order valence-corrected chi connectivity index (χ3v) is 2.43. The fourth-order valence-corrected chi connectivity index (χ4v) is 1.77. The van der Waals surface area contributed by atoms with Crippen molar-refractivity contribution in [3.05, 3.63) is 17.5 Å². The Labute approximate surface area is 93.9 Å². The molecule has 84 valence electrons. The van der Waals surface area contributed by atoms with Crippen molar-refractivity contribution in [3.63, 3.8) is 0 Å². The number of nitrogens with zero attached hydrogens (tertiary/aromatic N) is 3.